The molecule has 7 heteroatoms. The molecule has 0 aromatic heterocycles. The summed E-state index contributed by atoms with van der Waals surface area (Å²) in [4.78, 5) is 2.23. The number of rotatable bonds is 4. The predicted octanol–water partition coefficient (Wildman–Crippen LogP) is 1.52. The minimum Gasteiger partial charge on any atom is -0.503 e. The molecule has 1 aromatic rings. The van der Waals surface area contributed by atoms with E-state index >= 15 is 0 Å². The average molecular weight is 368 g/mol. The van der Waals surface area contributed by atoms with Crippen LogP contribution in [0.5, 0.6) is 11.5 Å². The van der Waals surface area contributed by atoms with Gasteiger partial charge in [-0.1, -0.05) is 0 Å². The first-order valence-electron chi connectivity index (χ1n) is 6.29. The lowest BCUT2D eigenvalue weighted by atomic mass is 10.0. The second-order valence-electron chi connectivity index (χ2n) is 4.54. The third-order valence-corrected chi connectivity index (χ3v) is 4.03. The summed E-state index contributed by atoms with van der Waals surface area (Å²) >= 11 is 3.32. The Morgan fingerprint density at radius 3 is 2.60 bits per heavy atom. The molecule has 0 amide bonds. The number of nitrogens with one attached hydrogen (secondary N) is 1. The Kier molecular flexibility index (Phi) is 7.05. The number of phenolic OH excluding ortho intramolecular Hbond substituents is 1. The van der Waals surface area contributed by atoms with Crippen LogP contribution in [0.25, 0.3) is 0 Å². The van der Waals surface area contributed by atoms with E-state index in [2.05, 4.69) is 26.1 Å². The third-order valence-electron chi connectivity index (χ3n) is 3.42. The molecule has 1 atom stereocenters. The molecular weight excluding hydrogens is 348 g/mol. The molecule has 114 valence electrons. The van der Waals surface area contributed by atoms with E-state index in [1.165, 1.54) is 7.11 Å². The van der Waals surface area contributed by atoms with Gasteiger partial charge in [0.1, 0.15) is 0 Å². The number of piperazine rings is 1. The zero-order valence-corrected chi connectivity index (χ0v) is 13.7. The quantitative estimate of drug-likeness (QED) is 0.753. The highest BCUT2D eigenvalue weighted by molar-refractivity contribution is 9.10. The van der Waals surface area contributed by atoms with Crippen molar-refractivity contribution in [1.82, 2.24) is 10.2 Å². The first kappa shape index (κ1) is 17.5. The normalized spacial score (nSPS) is 17.4. The Morgan fingerprint density at radius 1 is 1.40 bits per heavy atom. The number of aromatic hydroxyl groups is 1. The summed E-state index contributed by atoms with van der Waals surface area (Å²) in [5.41, 5.74) is 0.936. The highest BCUT2D eigenvalue weighted by Gasteiger charge is 2.23. The molecule has 1 fully saturated rings. The maximum atomic E-state index is 9.83. The molecule has 2 rings (SSSR count). The largest absolute Gasteiger partial charge is 0.503 e. The van der Waals surface area contributed by atoms with Crippen molar-refractivity contribution in [2.45, 2.75) is 6.04 Å². The molecule has 0 saturated carbocycles. The van der Waals surface area contributed by atoms with Gasteiger partial charge in [0.15, 0.2) is 11.5 Å². The summed E-state index contributed by atoms with van der Waals surface area (Å²) in [7, 11) is 1.52. The van der Waals surface area contributed by atoms with Crippen LogP contribution in [0.15, 0.2) is 16.6 Å². The minimum atomic E-state index is -0.0760. The minimum absolute atomic E-state index is 0. The van der Waals surface area contributed by atoms with E-state index in [0.717, 1.165) is 31.7 Å². The van der Waals surface area contributed by atoms with Gasteiger partial charge >= 0.3 is 0 Å². The van der Waals surface area contributed by atoms with E-state index in [4.69, 9.17) is 4.74 Å². The summed E-state index contributed by atoms with van der Waals surface area (Å²) < 4.78 is 5.74. The van der Waals surface area contributed by atoms with Gasteiger partial charge in [-0.15, -0.1) is 12.4 Å². The van der Waals surface area contributed by atoms with Crippen molar-refractivity contribution in [3.8, 4) is 11.5 Å². The van der Waals surface area contributed by atoms with Gasteiger partial charge in [-0.25, -0.2) is 0 Å². The van der Waals surface area contributed by atoms with Crippen molar-refractivity contribution in [2.24, 2.45) is 0 Å². The van der Waals surface area contributed by atoms with Gasteiger partial charge < -0.3 is 20.3 Å². The maximum absolute atomic E-state index is 9.83. The molecule has 0 radical (unpaired) electrons. The van der Waals surface area contributed by atoms with Crippen LogP contribution in [0, 0.1) is 0 Å². The average Bonchev–Trinajstić information content (AvgIpc) is 2.44. The lowest BCUT2D eigenvalue weighted by molar-refractivity contribution is 0.110. The fraction of sp³-hybridized carbons (Fsp3) is 0.538. The zero-order valence-electron chi connectivity index (χ0n) is 11.3. The fourth-order valence-corrected chi connectivity index (χ4v) is 2.83. The standard InChI is InChI=1S/C13H19BrN2O3.ClH/c1-19-12-7-9(6-10(14)13(12)18)11(8-17)16-4-2-15-3-5-16;/h6-7,11,15,17-18H,2-5,8H2,1H3;1H/t11-;/m0./s1. The van der Waals surface area contributed by atoms with Gasteiger partial charge in [-0.2, -0.15) is 0 Å². The Bertz CT molecular complexity index is 442. The molecule has 1 aliphatic heterocycles. The van der Waals surface area contributed by atoms with E-state index in [-0.39, 0.29) is 30.8 Å². The van der Waals surface area contributed by atoms with Crippen molar-refractivity contribution >= 4 is 28.3 Å². The van der Waals surface area contributed by atoms with E-state index in [0.29, 0.717) is 10.2 Å². The molecule has 20 heavy (non-hydrogen) atoms. The van der Waals surface area contributed by atoms with Crippen LogP contribution < -0.4 is 10.1 Å². The van der Waals surface area contributed by atoms with Gasteiger partial charge in [-0.3, -0.25) is 4.90 Å². The van der Waals surface area contributed by atoms with Gasteiger partial charge in [0.2, 0.25) is 0 Å². The Labute approximate surface area is 133 Å². The predicted molar refractivity (Wildman–Crippen MR) is 83.9 cm³/mol. The number of ether oxygens (including phenoxy) is 1. The van der Waals surface area contributed by atoms with Crippen molar-refractivity contribution in [3.05, 3.63) is 22.2 Å². The topological polar surface area (TPSA) is 65.0 Å². The first-order chi connectivity index (χ1) is 9.17. The second kappa shape index (κ2) is 8.05. The van der Waals surface area contributed by atoms with Crippen LogP contribution in [-0.4, -0.2) is 55.0 Å². The van der Waals surface area contributed by atoms with Crippen molar-refractivity contribution in [3.63, 3.8) is 0 Å². The zero-order chi connectivity index (χ0) is 13.8. The number of nitrogens with zero attached hydrogens (tertiary/aromatic N) is 1. The maximum Gasteiger partial charge on any atom is 0.172 e. The molecule has 0 spiro atoms. The van der Waals surface area contributed by atoms with Crippen LogP contribution in [0.1, 0.15) is 11.6 Å². The molecule has 1 heterocycles. The number of phenols is 1. The van der Waals surface area contributed by atoms with Crippen LogP contribution in [0.4, 0.5) is 0 Å². The summed E-state index contributed by atoms with van der Waals surface area (Å²) in [6.07, 6.45) is 0. The lowest BCUT2D eigenvalue weighted by Crippen LogP contribution is -2.46. The van der Waals surface area contributed by atoms with Crippen LogP contribution in [0.3, 0.4) is 0 Å². The number of benzene rings is 1. The highest BCUT2D eigenvalue weighted by atomic mass is 79.9. The molecule has 0 unspecified atom stereocenters. The van der Waals surface area contributed by atoms with Gasteiger partial charge in [0.05, 0.1) is 24.2 Å². The molecule has 1 aliphatic rings. The Balaban J connectivity index is 0.00000200. The summed E-state index contributed by atoms with van der Waals surface area (Å²) in [6, 6.07) is 3.54. The first-order valence-corrected chi connectivity index (χ1v) is 7.08. The molecule has 1 aromatic carbocycles. The Hall–Kier alpha value is -0.530. The number of methoxy groups -OCH3 is 1. The summed E-state index contributed by atoms with van der Waals surface area (Å²) in [5, 5.41) is 22.8. The van der Waals surface area contributed by atoms with Crippen molar-refractivity contribution in [1.29, 1.82) is 0 Å². The van der Waals surface area contributed by atoms with Crippen molar-refractivity contribution < 1.29 is 14.9 Å². The van der Waals surface area contributed by atoms with Crippen LogP contribution >= 0.6 is 28.3 Å². The number of halogens is 2. The smallest absolute Gasteiger partial charge is 0.172 e. The molecule has 0 aliphatic carbocycles. The van der Waals surface area contributed by atoms with Gasteiger partial charge in [0, 0.05) is 26.2 Å². The SMILES string of the molecule is COc1cc([C@H](CO)N2CCNCC2)cc(Br)c1O.Cl. The summed E-state index contributed by atoms with van der Waals surface area (Å²) in [6.45, 7) is 3.68. The second-order valence-corrected chi connectivity index (χ2v) is 5.39. The fourth-order valence-electron chi connectivity index (χ4n) is 2.37. The Morgan fingerprint density at radius 2 is 2.05 bits per heavy atom. The molecule has 5 nitrogen and oxygen atoms in total. The number of aliphatic hydroxyl groups excluding tert-OH is 1. The number of aliphatic hydroxyl groups is 1. The van der Waals surface area contributed by atoms with Gasteiger partial charge in [-0.05, 0) is 33.6 Å². The molecular formula is C13H20BrClN2O3. The van der Waals surface area contributed by atoms with Crippen molar-refractivity contribution in [2.75, 3.05) is 39.9 Å². The summed E-state index contributed by atoms with van der Waals surface area (Å²) in [5.74, 6) is 0.501. The highest BCUT2D eigenvalue weighted by Crippen LogP contribution is 2.37. The molecule has 3 N–H and O–H groups in total. The third kappa shape index (κ3) is 3.77. The van der Waals surface area contributed by atoms with Crippen LogP contribution in [0.2, 0.25) is 0 Å². The lowest BCUT2D eigenvalue weighted by Gasteiger charge is -2.34. The van der Waals surface area contributed by atoms with Gasteiger partial charge in [0.25, 0.3) is 0 Å². The van der Waals surface area contributed by atoms with E-state index in [1.807, 2.05) is 6.07 Å². The molecule has 1 saturated heterocycles. The van der Waals surface area contributed by atoms with E-state index in [1.54, 1.807) is 6.07 Å². The van der Waals surface area contributed by atoms with E-state index in [9.17, 15) is 10.2 Å². The monoisotopic (exact) mass is 366 g/mol. The molecule has 0 bridgehead atoms. The van der Waals surface area contributed by atoms with Crippen LogP contribution in [-0.2, 0) is 0 Å². The number of hydrogen-bond acceptors (Lipinski definition) is 5. The number of hydrogen-bond donors (Lipinski definition) is 3. The van der Waals surface area contributed by atoms with E-state index < -0.39 is 0 Å².